The molecule has 1 unspecified atom stereocenters. The molecule has 0 saturated carbocycles. The molecule has 7 nitrogen and oxygen atoms in total. The number of imide groups is 1. The zero-order valence-electron chi connectivity index (χ0n) is 12.6. The van der Waals surface area contributed by atoms with E-state index < -0.39 is 6.04 Å². The SMILES string of the molecule is Cc1ccccc1-c1noc(CC2C(=O)N(C)C(=O)N2C)n1. The fourth-order valence-electron chi connectivity index (χ4n) is 2.51. The molecule has 3 rings (SSSR count). The van der Waals surface area contributed by atoms with E-state index in [0.717, 1.165) is 16.0 Å². The lowest BCUT2D eigenvalue weighted by Gasteiger charge is -2.13. The molecule has 3 amide bonds. The van der Waals surface area contributed by atoms with E-state index in [2.05, 4.69) is 10.1 Å². The van der Waals surface area contributed by atoms with E-state index in [-0.39, 0.29) is 18.4 Å². The molecular formula is C15H16N4O3. The third-order valence-corrected chi connectivity index (χ3v) is 3.89. The van der Waals surface area contributed by atoms with Gasteiger partial charge in [-0.15, -0.1) is 0 Å². The molecule has 114 valence electrons. The first-order valence-corrected chi connectivity index (χ1v) is 6.92. The van der Waals surface area contributed by atoms with E-state index in [1.165, 1.54) is 11.9 Å². The fourth-order valence-corrected chi connectivity index (χ4v) is 2.51. The minimum Gasteiger partial charge on any atom is -0.339 e. The molecular weight excluding hydrogens is 284 g/mol. The van der Waals surface area contributed by atoms with Crippen LogP contribution in [0.15, 0.2) is 28.8 Å². The number of rotatable bonds is 3. The van der Waals surface area contributed by atoms with Crippen LogP contribution in [0, 0.1) is 6.92 Å². The lowest BCUT2D eigenvalue weighted by molar-refractivity contribution is -0.127. The molecule has 7 heteroatoms. The van der Waals surface area contributed by atoms with Crippen LogP contribution < -0.4 is 0 Å². The van der Waals surface area contributed by atoms with Gasteiger partial charge in [-0.3, -0.25) is 9.69 Å². The number of carbonyl (C=O) groups is 2. The van der Waals surface area contributed by atoms with Crippen LogP contribution in [0.2, 0.25) is 0 Å². The van der Waals surface area contributed by atoms with Gasteiger partial charge in [-0.2, -0.15) is 4.98 Å². The van der Waals surface area contributed by atoms with E-state index in [1.54, 1.807) is 7.05 Å². The molecule has 0 bridgehead atoms. The quantitative estimate of drug-likeness (QED) is 0.802. The molecule has 0 radical (unpaired) electrons. The Morgan fingerprint density at radius 3 is 2.59 bits per heavy atom. The van der Waals surface area contributed by atoms with Crippen LogP contribution in [0.3, 0.4) is 0 Å². The summed E-state index contributed by atoms with van der Waals surface area (Å²) in [5, 5.41) is 3.96. The van der Waals surface area contributed by atoms with Crippen LogP contribution in [0.25, 0.3) is 11.4 Å². The highest BCUT2D eigenvalue weighted by Gasteiger charge is 2.41. The Morgan fingerprint density at radius 1 is 1.23 bits per heavy atom. The van der Waals surface area contributed by atoms with Crippen molar-refractivity contribution in [1.82, 2.24) is 19.9 Å². The molecule has 0 aliphatic carbocycles. The zero-order chi connectivity index (χ0) is 15.9. The Balaban J connectivity index is 1.82. The Bertz CT molecular complexity index is 740. The molecule has 2 aromatic rings. The topological polar surface area (TPSA) is 79.5 Å². The highest BCUT2D eigenvalue weighted by molar-refractivity contribution is 6.03. The maximum Gasteiger partial charge on any atom is 0.326 e. The van der Waals surface area contributed by atoms with Crippen molar-refractivity contribution < 1.29 is 14.1 Å². The van der Waals surface area contributed by atoms with Crippen molar-refractivity contribution in [2.75, 3.05) is 14.1 Å². The van der Waals surface area contributed by atoms with Crippen LogP contribution in [-0.2, 0) is 11.2 Å². The van der Waals surface area contributed by atoms with Crippen molar-refractivity contribution in [3.8, 4) is 11.4 Å². The third kappa shape index (κ3) is 2.24. The largest absolute Gasteiger partial charge is 0.339 e. The Morgan fingerprint density at radius 2 is 1.95 bits per heavy atom. The predicted molar refractivity (Wildman–Crippen MR) is 77.9 cm³/mol. The Kier molecular flexibility index (Phi) is 3.40. The number of likely N-dealkylation sites (N-methyl/N-ethyl adjacent to an activating group) is 2. The minimum atomic E-state index is -0.595. The maximum atomic E-state index is 12.0. The van der Waals surface area contributed by atoms with Crippen molar-refractivity contribution in [1.29, 1.82) is 0 Å². The van der Waals surface area contributed by atoms with Crippen molar-refractivity contribution in [2.24, 2.45) is 0 Å². The molecule has 22 heavy (non-hydrogen) atoms. The second-order valence-electron chi connectivity index (χ2n) is 5.34. The van der Waals surface area contributed by atoms with Gasteiger partial charge in [-0.25, -0.2) is 4.79 Å². The molecule has 0 spiro atoms. The van der Waals surface area contributed by atoms with Crippen LogP contribution in [-0.4, -0.2) is 52.0 Å². The van der Waals surface area contributed by atoms with Crippen LogP contribution in [0.5, 0.6) is 0 Å². The van der Waals surface area contributed by atoms with Gasteiger partial charge in [0.2, 0.25) is 11.7 Å². The predicted octanol–water partition coefficient (Wildman–Crippen LogP) is 1.48. The first-order chi connectivity index (χ1) is 10.5. The molecule has 1 aliphatic heterocycles. The molecule has 1 fully saturated rings. The molecule has 1 aliphatic rings. The van der Waals surface area contributed by atoms with Gasteiger partial charge in [-0.1, -0.05) is 29.4 Å². The summed E-state index contributed by atoms with van der Waals surface area (Å²) in [4.78, 5) is 30.6. The van der Waals surface area contributed by atoms with Crippen LogP contribution in [0.1, 0.15) is 11.5 Å². The second kappa shape index (κ2) is 5.25. The zero-order valence-corrected chi connectivity index (χ0v) is 12.6. The average Bonchev–Trinajstić information content (AvgIpc) is 3.04. The van der Waals surface area contributed by atoms with Crippen LogP contribution in [0.4, 0.5) is 4.79 Å². The Hall–Kier alpha value is -2.70. The van der Waals surface area contributed by atoms with Crippen molar-refractivity contribution in [2.45, 2.75) is 19.4 Å². The summed E-state index contributed by atoms with van der Waals surface area (Å²) in [6.07, 6.45) is 0.213. The van der Waals surface area contributed by atoms with Crippen molar-refractivity contribution in [3.05, 3.63) is 35.7 Å². The first-order valence-electron chi connectivity index (χ1n) is 6.92. The van der Waals surface area contributed by atoms with Gasteiger partial charge in [0.15, 0.2) is 0 Å². The molecule has 0 N–H and O–H groups in total. The first kappa shape index (κ1) is 14.2. The van der Waals surface area contributed by atoms with E-state index in [9.17, 15) is 9.59 Å². The lowest BCUT2D eigenvalue weighted by Crippen LogP contribution is -2.33. The van der Waals surface area contributed by atoms with Gasteiger partial charge in [0.1, 0.15) is 6.04 Å². The number of benzene rings is 1. The van der Waals surface area contributed by atoms with Crippen molar-refractivity contribution >= 4 is 11.9 Å². The number of nitrogens with zero attached hydrogens (tertiary/aromatic N) is 4. The number of carbonyl (C=O) groups excluding carboxylic acids is 2. The number of hydrogen-bond donors (Lipinski definition) is 0. The molecule has 1 saturated heterocycles. The van der Waals surface area contributed by atoms with Gasteiger partial charge in [0.05, 0.1) is 6.42 Å². The van der Waals surface area contributed by atoms with E-state index >= 15 is 0 Å². The van der Waals surface area contributed by atoms with Gasteiger partial charge in [0.25, 0.3) is 5.91 Å². The molecule has 2 heterocycles. The number of amides is 3. The minimum absolute atomic E-state index is 0.213. The van der Waals surface area contributed by atoms with Gasteiger partial charge in [-0.05, 0) is 12.5 Å². The normalized spacial score (nSPS) is 18.4. The number of urea groups is 1. The molecule has 1 atom stereocenters. The third-order valence-electron chi connectivity index (χ3n) is 3.89. The summed E-state index contributed by atoms with van der Waals surface area (Å²) in [5.41, 5.74) is 1.93. The number of aryl methyl sites for hydroxylation is 1. The number of hydrogen-bond acceptors (Lipinski definition) is 5. The van der Waals surface area contributed by atoms with E-state index in [1.807, 2.05) is 31.2 Å². The van der Waals surface area contributed by atoms with E-state index in [0.29, 0.717) is 11.7 Å². The van der Waals surface area contributed by atoms with Crippen molar-refractivity contribution in [3.63, 3.8) is 0 Å². The standard InChI is InChI=1S/C15H16N4O3/c1-9-6-4-5-7-10(9)13-16-12(22-17-13)8-11-14(20)19(3)15(21)18(11)2/h4-7,11H,8H2,1-3H3. The summed E-state index contributed by atoms with van der Waals surface area (Å²) in [5.74, 6) is 0.565. The fraction of sp³-hybridized carbons (Fsp3) is 0.333. The molecule has 1 aromatic heterocycles. The average molecular weight is 300 g/mol. The summed E-state index contributed by atoms with van der Waals surface area (Å²) in [7, 11) is 3.06. The smallest absolute Gasteiger partial charge is 0.326 e. The summed E-state index contributed by atoms with van der Waals surface area (Å²) in [6.45, 7) is 1.97. The molecule has 1 aromatic carbocycles. The summed E-state index contributed by atoms with van der Waals surface area (Å²) in [6, 6.07) is 6.80. The lowest BCUT2D eigenvalue weighted by atomic mass is 10.1. The second-order valence-corrected chi connectivity index (χ2v) is 5.34. The van der Waals surface area contributed by atoms with Gasteiger partial charge >= 0.3 is 6.03 Å². The summed E-state index contributed by atoms with van der Waals surface area (Å²) < 4.78 is 5.23. The van der Waals surface area contributed by atoms with Crippen LogP contribution >= 0.6 is 0 Å². The van der Waals surface area contributed by atoms with E-state index in [4.69, 9.17) is 4.52 Å². The van der Waals surface area contributed by atoms with Gasteiger partial charge in [0, 0.05) is 19.7 Å². The monoisotopic (exact) mass is 300 g/mol. The maximum absolute atomic E-state index is 12.0. The highest BCUT2D eigenvalue weighted by atomic mass is 16.5. The Labute approximate surface area is 127 Å². The highest BCUT2D eigenvalue weighted by Crippen LogP contribution is 2.22. The summed E-state index contributed by atoms with van der Waals surface area (Å²) >= 11 is 0. The number of aromatic nitrogens is 2. The van der Waals surface area contributed by atoms with Gasteiger partial charge < -0.3 is 9.42 Å².